The summed E-state index contributed by atoms with van der Waals surface area (Å²) in [4.78, 5) is 4.57. The average Bonchev–Trinajstić information content (AvgIpc) is 2.66. The molecule has 0 radical (unpaired) electrons. The molecule has 0 aromatic carbocycles. The van der Waals surface area contributed by atoms with Crippen molar-refractivity contribution in [3.63, 3.8) is 0 Å². The first-order valence-corrected chi connectivity index (χ1v) is 5.77. The smallest absolute Gasteiger partial charge is 0.105 e. The molecule has 0 spiro atoms. The van der Waals surface area contributed by atoms with Crippen LogP contribution < -0.4 is 0 Å². The van der Waals surface area contributed by atoms with Gasteiger partial charge in [-0.15, -0.1) is 0 Å². The summed E-state index contributed by atoms with van der Waals surface area (Å²) in [6, 6.07) is 7.96. The van der Waals surface area contributed by atoms with Gasteiger partial charge in [0.15, 0.2) is 0 Å². The number of hydrogen-bond acceptors (Lipinski definition) is 2. The van der Waals surface area contributed by atoms with Gasteiger partial charge < -0.3 is 4.42 Å². The Balaban J connectivity index is 2.11. The standard InChI is InChI=1S/C12H12BrNO/c1-9-11(5-7-15-9)12(13)8-10-4-2-3-6-14-10/h2-7,12H,8H2,1H3. The minimum Gasteiger partial charge on any atom is -0.469 e. The summed E-state index contributed by atoms with van der Waals surface area (Å²) in [5, 5.41) is 0. The SMILES string of the molecule is Cc1occc1C(Br)Cc1ccccn1. The quantitative estimate of drug-likeness (QED) is 0.792. The molecule has 0 fully saturated rings. The van der Waals surface area contributed by atoms with E-state index in [4.69, 9.17) is 4.42 Å². The van der Waals surface area contributed by atoms with Gasteiger partial charge in [-0.25, -0.2) is 0 Å². The van der Waals surface area contributed by atoms with Crippen LogP contribution in [0.3, 0.4) is 0 Å². The molecule has 0 amide bonds. The van der Waals surface area contributed by atoms with Crippen molar-refractivity contribution < 1.29 is 4.42 Å². The van der Waals surface area contributed by atoms with Gasteiger partial charge in [0, 0.05) is 28.7 Å². The fourth-order valence-corrected chi connectivity index (χ4v) is 2.34. The van der Waals surface area contributed by atoms with Crippen LogP contribution in [-0.4, -0.2) is 4.98 Å². The zero-order chi connectivity index (χ0) is 10.7. The molecule has 0 aliphatic rings. The van der Waals surface area contributed by atoms with Crippen LogP contribution in [0.15, 0.2) is 41.1 Å². The number of alkyl halides is 1. The predicted octanol–water partition coefficient (Wildman–Crippen LogP) is 3.66. The van der Waals surface area contributed by atoms with Crippen molar-refractivity contribution in [3.05, 3.63) is 53.7 Å². The molecule has 2 rings (SSSR count). The summed E-state index contributed by atoms with van der Waals surface area (Å²) in [6.07, 6.45) is 4.41. The van der Waals surface area contributed by atoms with Gasteiger partial charge in [0.2, 0.25) is 0 Å². The third-order valence-corrected chi connectivity index (χ3v) is 3.17. The van der Waals surface area contributed by atoms with Crippen LogP contribution in [0.1, 0.15) is 21.8 Å². The molecule has 0 saturated heterocycles. The Morgan fingerprint density at radius 2 is 2.27 bits per heavy atom. The molecule has 78 valence electrons. The molecule has 1 atom stereocenters. The molecular weight excluding hydrogens is 254 g/mol. The second-order valence-corrected chi connectivity index (χ2v) is 4.53. The van der Waals surface area contributed by atoms with Gasteiger partial charge in [0.1, 0.15) is 5.76 Å². The topological polar surface area (TPSA) is 26.0 Å². The number of aromatic nitrogens is 1. The van der Waals surface area contributed by atoms with E-state index in [0.29, 0.717) is 0 Å². The monoisotopic (exact) mass is 265 g/mol. The minimum absolute atomic E-state index is 0.270. The van der Waals surface area contributed by atoms with Crippen LogP contribution in [0.25, 0.3) is 0 Å². The van der Waals surface area contributed by atoms with Crippen LogP contribution in [0.4, 0.5) is 0 Å². The van der Waals surface area contributed by atoms with E-state index >= 15 is 0 Å². The van der Waals surface area contributed by atoms with Crippen molar-refractivity contribution in [2.75, 3.05) is 0 Å². The maximum Gasteiger partial charge on any atom is 0.105 e. The number of rotatable bonds is 3. The highest BCUT2D eigenvalue weighted by Crippen LogP contribution is 2.29. The van der Waals surface area contributed by atoms with Crippen molar-refractivity contribution in [2.24, 2.45) is 0 Å². The van der Waals surface area contributed by atoms with E-state index in [1.165, 1.54) is 5.56 Å². The first-order valence-electron chi connectivity index (χ1n) is 4.85. The zero-order valence-corrected chi connectivity index (χ0v) is 10.1. The highest BCUT2D eigenvalue weighted by molar-refractivity contribution is 9.09. The van der Waals surface area contributed by atoms with Gasteiger partial charge in [-0.05, 0) is 25.1 Å². The summed E-state index contributed by atoms with van der Waals surface area (Å²) < 4.78 is 5.27. The van der Waals surface area contributed by atoms with Gasteiger partial charge in [-0.3, -0.25) is 4.98 Å². The summed E-state index contributed by atoms with van der Waals surface area (Å²) in [5.41, 5.74) is 2.28. The van der Waals surface area contributed by atoms with Gasteiger partial charge in [0.05, 0.1) is 6.26 Å². The van der Waals surface area contributed by atoms with E-state index in [0.717, 1.165) is 17.9 Å². The number of aryl methyl sites for hydroxylation is 1. The Kier molecular flexibility index (Phi) is 3.21. The normalized spacial score (nSPS) is 12.7. The summed E-state index contributed by atoms with van der Waals surface area (Å²) >= 11 is 3.65. The lowest BCUT2D eigenvalue weighted by Gasteiger charge is -2.07. The number of halogens is 1. The van der Waals surface area contributed by atoms with Gasteiger partial charge in [0.25, 0.3) is 0 Å². The summed E-state index contributed by atoms with van der Waals surface area (Å²) in [6.45, 7) is 1.97. The van der Waals surface area contributed by atoms with Crippen molar-refractivity contribution in [1.82, 2.24) is 4.98 Å². The second-order valence-electron chi connectivity index (χ2n) is 3.42. The van der Waals surface area contributed by atoms with E-state index in [1.807, 2.05) is 37.4 Å². The lowest BCUT2D eigenvalue weighted by molar-refractivity contribution is 0.529. The maximum absolute atomic E-state index is 5.27. The van der Waals surface area contributed by atoms with E-state index < -0.39 is 0 Å². The molecule has 2 aromatic heterocycles. The average molecular weight is 266 g/mol. The summed E-state index contributed by atoms with van der Waals surface area (Å²) in [7, 11) is 0. The molecule has 2 nitrogen and oxygen atoms in total. The molecule has 2 aromatic rings. The molecule has 1 unspecified atom stereocenters. The number of furan rings is 1. The van der Waals surface area contributed by atoms with Crippen LogP contribution >= 0.6 is 15.9 Å². The molecular formula is C12H12BrNO. The van der Waals surface area contributed by atoms with Crippen molar-refractivity contribution >= 4 is 15.9 Å². The first-order chi connectivity index (χ1) is 7.27. The molecule has 3 heteroatoms. The maximum atomic E-state index is 5.27. The molecule has 15 heavy (non-hydrogen) atoms. The van der Waals surface area contributed by atoms with Crippen molar-refractivity contribution in [3.8, 4) is 0 Å². The second kappa shape index (κ2) is 4.62. The largest absolute Gasteiger partial charge is 0.469 e. The lowest BCUT2D eigenvalue weighted by Crippen LogP contribution is -1.97. The van der Waals surface area contributed by atoms with Crippen molar-refractivity contribution in [2.45, 2.75) is 18.2 Å². The number of nitrogens with zero attached hydrogens (tertiary/aromatic N) is 1. The molecule has 0 saturated carbocycles. The third-order valence-electron chi connectivity index (χ3n) is 2.35. The van der Waals surface area contributed by atoms with Crippen LogP contribution in [-0.2, 0) is 6.42 Å². The predicted molar refractivity (Wildman–Crippen MR) is 63.1 cm³/mol. The molecule has 0 bridgehead atoms. The molecule has 2 heterocycles. The molecule has 0 aliphatic carbocycles. The Bertz CT molecular complexity index is 424. The van der Waals surface area contributed by atoms with E-state index in [9.17, 15) is 0 Å². The Hall–Kier alpha value is -1.09. The van der Waals surface area contributed by atoms with Crippen molar-refractivity contribution in [1.29, 1.82) is 0 Å². The lowest BCUT2D eigenvalue weighted by atomic mass is 10.1. The van der Waals surface area contributed by atoms with Crippen LogP contribution in [0.2, 0.25) is 0 Å². The van der Waals surface area contributed by atoms with Gasteiger partial charge in [-0.1, -0.05) is 22.0 Å². The minimum atomic E-state index is 0.270. The molecule has 0 N–H and O–H groups in total. The zero-order valence-electron chi connectivity index (χ0n) is 8.48. The Labute approximate surface area is 97.5 Å². The Morgan fingerprint density at radius 1 is 1.40 bits per heavy atom. The first kappa shape index (κ1) is 10.4. The van der Waals surface area contributed by atoms with E-state index in [2.05, 4.69) is 20.9 Å². The van der Waals surface area contributed by atoms with Gasteiger partial charge >= 0.3 is 0 Å². The van der Waals surface area contributed by atoms with E-state index in [-0.39, 0.29) is 4.83 Å². The number of hydrogen-bond donors (Lipinski definition) is 0. The Morgan fingerprint density at radius 3 is 2.87 bits per heavy atom. The van der Waals surface area contributed by atoms with Crippen LogP contribution in [0.5, 0.6) is 0 Å². The fourth-order valence-electron chi connectivity index (χ4n) is 1.53. The summed E-state index contributed by atoms with van der Waals surface area (Å²) in [5.74, 6) is 0.966. The van der Waals surface area contributed by atoms with Gasteiger partial charge in [-0.2, -0.15) is 0 Å². The highest BCUT2D eigenvalue weighted by Gasteiger charge is 2.13. The highest BCUT2D eigenvalue weighted by atomic mass is 79.9. The third kappa shape index (κ3) is 2.48. The van der Waals surface area contributed by atoms with E-state index in [1.54, 1.807) is 6.26 Å². The number of pyridine rings is 1. The fraction of sp³-hybridized carbons (Fsp3) is 0.250. The van der Waals surface area contributed by atoms with Crippen LogP contribution in [0, 0.1) is 6.92 Å². The molecule has 0 aliphatic heterocycles.